The van der Waals surface area contributed by atoms with Crippen molar-refractivity contribution >= 4 is 11.7 Å². The Balaban J connectivity index is 2.21. The van der Waals surface area contributed by atoms with Crippen molar-refractivity contribution in [2.24, 2.45) is 0 Å². The molecule has 2 rings (SSSR count). The van der Waals surface area contributed by atoms with Crippen LogP contribution in [0.3, 0.4) is 0 Å². The summed E-state index contributed by atoms with van der Waals surface area (Å²) in [5.74, 6) is 0.576. The fraction of sp³-hybridized carbons (Fsp3) is 0.412. The minimum absolute atomic E-state index is 0.0808. The average Bonchev–Trinajstić information content (AvgIpc) is 2.93. The highest BCUT2D eigenvalue weighted by atomic mass is 16.3. The zero-order chi connectivity index (χ0) is 16.1. The van der Waals surface area contributed by atoms with Gasteiger partial charge in [0.1, 0.15) is 6.26 Å². The monoisotopic (exact) mass is 301 g/mol. The molecule has 0 aliphatic heterocycles. The van der Waals surface area contributed by atoms with Crippen LogP contribution < -0.4 is 5.32 Å². The highest BCUT2D eigenvalue weighted by Gasteiger charge is 2.13. The van der Waals surface area contributed by atoms with Gasteiger partial charge in [-0.3, -0.25) is 0 Å². The number of oxazole rings is 1. The largest absolute Gasteiger partial charge is 0.444 e. The molecule has 0 saturated heterocycles. The second-order valence-electron chi connectivity index (χ2n) is 5.33. The topological polar surface area (TPSA) is 58.4 Å². The lowest BCUT2D eigenvalue weighted by Crippen LogP contribution is -2.35. The highest BCUT2D eigenvalue weighted by molar-refractivity contribution is 5.90. The molecule has 0 fully saturated rings. The summed E-state index contributed by atoms with van der Waals surface area (Å²) in [5.41, 5.74) is 3.53. The molecule has 0 aliphatic rings. The quantitative estimate of drug-likeness (QED) is 0.899. The van der Waals surface area contributed by atoms with Crippen LogP contribution in [0.5, 0.6) is 0 Å². The molecule has 1 N–H and O–H groups in total. The first-order valence-electron chi connectivity index (χ1n) is 7.64. The fourth-order valence-electron chi connectivity index (χ4n) is 2.28. The summed E-state index contributed by atoms with van der Waals surface area (Å²) in [4.78, 5) is 18.4. The maximum atomic E-state index is 12.2. The molecule has 0 aliphatic carbocycles. The lowest BCUT2D eigenvalue weighted by Gasteiger charge is -2.20. The molecule has 0 radical (unpaired) electrons. The molecular weight excluding hydrogens is 278 g/mol. The Kier molecular flexibility index (Phi) is 5.20. The zero-order valence-corrected chi connectivity index (χ0v) is 13.6. The number of aromatic nitrogens is 1. The van der Waals surface area contributed by atoms with Crippen LogP contribution in [0.25, 0.3) is 11.5 Å². The first kappa shape index (κ1) is 16.1. The highest BCUT2D eigenvalue weighted by Crippen LogP contribution is 2.26. The molecule has 2 amide bonds. The minimum atomic E-state index is -0.0808. The van der Waals surface area contributed by atoms with E-state index >= 15 is 0 Å². The van der Waals surface area contributed by atoms with Gasteiger partial charge >= 0.3 is 6.03 Å². The van der Waals surface area contributed by atoms with Crippen LogP contribution in [-0.4, -0.2) is 29.0 Å². The molecule has 5 nitrogen and oxygen atoms in total. The van der Waals surface area contributed by atoms with Crippen LogP contribution in [0, 0.1) is 13.8 Å². The maximum absolute atomic E-state index is 12.2. The molecule has 0 saturated carbocycles. The number of rotatable bonds is 5. The van der Waals surface area contributed by atoms with Gasteiger partial charge in [-0.15, -0.1) is 0 Å². The minimum Gasteiger partial charge on any atom is -0.444 e. The Labute approximate surface area is 131 Å². The van der Waals surface area contributed by atoms with Crippen molar-refractivity contribution in [2.75, 3.05) is 18.4 Å². The van der Waals surface area contributed by atoms with E-state index < -0.39 is 0 Å². The molecule has 5 heteroatoms. The number of nitrogens with one attached hydrogen (secondary N) is 1. The number of aryl methyl sites for hydroxylation is 2. The van der Waals surface area contributed by atoms with Gasteiger partial charge in [0.15, 0.2) is 0 Å². The summed E-state index contributed by atoms with van der Waals surface area (Å²) in [6, 6.07) is 5.67. The summed E-state index contributed by atoms with van der Waals surface area (Å²) in [7, 11) is 0. The predicted octanol–water partition coefficient (Wildman–Crippen LogP) is 4.22. The van der Waals surface area contributed by atoms with E-state index in [-0.39, 0.29) is 6.03 Å². The number of nitrogens with zero attached hydrogens (tertiary/aromatic N) is 2. The van der Waals surface area contributed by atoms with Gasteiger partial charge in [0.05, 0.1) is 5.69 Å². The van der Waals surface area contributed by atoms with E-state index in [9.17, 15) is 4.79 Å². The summed E-state index contributed by atoms with van der Waals surface area (Å²) in [5, 5.41) is 2.94. The van der Waals surface area contributed by atoms with Gasteiger partial charge in [-0.25, -0.2) is 9.78 Å². The van der Waals surface area contributed by atoms with Crippen molar-refractivity contribution in [3.8, 4) is 11.5 Å². The number of benzene rings is 1. The maximum Gasteiger partial charge on any atom is 0.321 e. The first-order chi connectivity index (χ1) is 10.5. The van der Waals surface area contributed by atoms with Crippen LogP contribution >= 0.6 is 0 Å². The molecule has 0 spiro atoms. The third-order valence-electron chi connectivity index (χ3n) is 3.50. The molecule has 0 atom stereocenters. The lowest BCUT2D eigenvalue weighted by molar-refractivity contribution is 0.214. The molecule has 1 aromatic heterocycles. The van der Waals surface area contributed by atoms with Crippen molar-refractivity contribution in [3.05, 3.63) is 35.7 Å². The Morgan fingerprint density at radius 2 is 2.09 bits per heavy atom. The van der Waals surface area contributed by atoms with Crippen molar-refractivity contribution in [3.63, 3.8) is 0 Å². The van der Waals surface area contributed by atoms with Crippen molar-refractivity contribution in [1.29, 1.82) is 0 Å². The van der Waals surface area contributed by atoms with E-state index in [2.05, 4.69) is 17.2 Å². The second kappa shape index (κ2) is 7.11. The second-order valence-corrected chi connectivity index (χ2v) is 5.33. The summed E-state index contributed by atoms with van der Waals surface area (Å²) < 4.78 is 5.46. The smallest absolute Gasteiger partial charge is 0.321 e. The van der Waals surface area contributed by atoms with Gasteiger partial charge in [0.2, 0.25) is 5.89 Å². The summed E-state index contributed by atoms with van der Waals surface area (Å²) >= 11 is 0. The lowest BCUT2D eigenvalue weighted by atomic mass is 10.1. The van der Waals surface area contributed by atoms with Gasteiger partial charge < -0.3 is 14.6 Å². The van der Waals surface area contributed by atoms with Gasteiger partial charge in [0.25, 0.3) is 0 Å². The summed E-state index contributed by atoms with van der Waals surface area (Å²) in [6.45, 7) is 9.36. The number of carbonyl (C=O) groups excluding carboxylic acids is 1. The number of carbonyl (C=O) groups is 1. The number of hydrogen-bond donors (Lipinski definition) is 1. The van der Waals surface area contributed by atoms with E-state index in [0.717, 1.165) is 35.5 Å². The predicted molar refractivity (Wildman–Crippen MR) is 88.0 cm³/mol. The molecule has 118 valence electrons. The Hall–Kier alpha value is -2.30. The van der Waals surface area contributed by atoms with Gasteiger partial charge in [-0.2, -0.15) is 0 Å². The zero-order valence-electron chi connectivity index (χ0n) is 13.6. The van der Waals surface area contributed by atoms with E-state index in [4.69, 9.17) is 4.42 Å². The van der Waals surface area contributed by atoms with Crippen LogP contribution in [0.2, 0.25) is 0 Å². The van der Waals surface area contributed by atoms with Crippen LogP contribution in [0.1, 0.15) is 31.5 Å². The van der Waals surface area contributed by atoms with Crippen LogP contribution in [0.15, 0.2) is 28.9 Å². The van der Waals surface area contributed by atoms with Gasteiger partial charge in [-0.1, -0.05) is 13.0 Å². The SMILES string of the molecule is CCCN(CC)C(=O)Nc1ccc(C)c(-c2nc(C)co2)c1. The van der Waals surface area contributed by atoms with Crippen LogP contribution in [0.4, 0.5) is 10.5 Å². The number of hydrogen-bond acceptors (Lipinski definition) is 3. The first-order valence-corrected chi connectivity index (χ1v) is 7.64. The standard InChI is InChI=1S/C17H23N3O2/c1-5-9-20(6-2)17(21)19-14-8-7-12(3)15(10-14)16-18-13(4)11-22-16/h7-8,10-11H,5-6,9H2,1-4H3,(H,19,21). The molecule has 1 aromatic carbocycles. The Morgan fingerprint density at radius 3 is 2.68 bits per heavy atom. The van der Waals surface area contributed by atoms with E-state index in [0.29, 0.717) is 12.4 Å². The van der Waals surface area contributed by atoms with E-state index in [1.165, 1.54) is 0 Å². The Morgan fingerprint density at radius 1 is 1.32 bits per heavy atom. The normalized spacial score (nSPS) is 10.5. The van der Waals surface area contributed by atoms with Crippen molar-refractivity contribution in [1.82, 2.24) is 9.88 Å². The molecule has 1 heterocycles. The van der Waals surface area contributed by atoms with Crippen molar-refractivity contribution < 1.29 is 9.21 Å². The van der Waals surface area contributed by atoms with Gasteiger partial charge in [0, 0.05) is 24.3 Å². The average molecular weight is 301 g/mol. The summed E-state index contributed by atoms with van der Waals surface area (Å²) in [6.07, 6.45) is 2.57. The van der Waals surface area contributed by atoms with Crippen LogP contribution in [-0.2, 0) is 0 Å². The number of amides is 2. The molecular formula is C17H23N3O2. The van der Waals surface area contributed by atoms with E-state index in [1.807, 2.05) is 39.0 Å². The van der Waals surface area contributed by atoms with E-state index in [1.54, 1.807) is 11.2 Å². The molecule has 22 heavy (non-hydrogen) atoms. The van der Waals surface area contributed by atoms with Crippen molar-refractivity contribution in [2.45, 2.75) is 34.1 Å². The Bertz CT molecular complexity index is 649. The van der Waals surface area contributed by atoms with Gasteiger partial charge in [-0.05, 0) is 44.9 Å². The number of anilines is 1. The third kappa shape index (κ3) is 3.67. The number of urea groups is 1. The third-order valence-corrected chi connectivity index (χ3v) is 3.50. The molecule has 2 aromatic rings. The molecule has 0 bridgehead atoms. The fourth-order valence-corrected chi connectivity index (χ4v) is 2.28. The molecule has 0 unspecified atom stereocenters.